The maximum Gasteiger partial charge on any atom is 0.321 e. The van der Waals surface area contributed by atoms with E-state index < -0.39 is 0 Å². The van der Waals surface area contributed by atoms with Gasteiger partial charge >= 0.3 is 6.03 Å². The number of urea groups is 1. The number of amides is 3. The van der Waals surface area contributed by atoms with E-state index in [0.717, 1.165) is 22.0 Å². The van der Waals surface area contributed by atoms with Crippen molar-refractivity contribution in [1.29, 1.82) is 0 Å². The van der Waals surface area contributed by atoms with Crippen LogP contribution < -0.4 is 10.6 Å². The Bertz CT molecular complexity index is 1280. The number of aromatic nitrogens is 3. The van der Waals surface area contributed by atoms with Crippen LogP contribution in [0.1, 0.15) is 10.5 Å². The van der Waals surface area contributed by atoms with Crippen LogP contribution in [-0.4, -0.2) is 58.3 Å². The van der Waals surface area contributed by atoms with Crippen molar-refractivity contribution in [2.45, 2.75) is 0 Å². The van der Waals surface area contributed by atoms with Crippen LogP contribution >= 0.6 is 0 Å². The molecule has 3 N–H and O–H groups in total. The molecule has 0 atom stereocenters. The monoisotopic (exact) mass is 442 g/mol. The molecule has 0 spiro atoms. The van der Waals surface area contributed by atoms with Crippen LogP contribution in [0.5, 0.6) is 0 Å². The van der Waals surface area contributed by atoms with Crippen molar-refractivity contribution < 1.29 is 14.3 Å². The summed E-state index contributed by atoms with van der Waals surface area (Å²) in [5.41, 5.74) is 4.24. The number of carbonyl (C=O) groups excluding carboxylic acids is 2. The lowest BCUT2D eigenvalue weighted by atomic mass is 10.0. The predicted molar refractivity (Wildman–Crippen MR) is 125 cm³/mol. The average Bonchev–Trinajstić information content (AvgIpc) is 3.30. The quantitative estimate of drug-likeness (QED) is 0.446. The molecule has 4 aromatic rings. The molecule has 0 unspecified atom stereocenters. The molecule has 9 heteroatoms. The topological polar surface area (TPSA) is 112 Å². The van der Waals surface area contributed by atoms with Crippen LogP contribution in [0.15, 0.2) is 67.0 Å². The smallest absolute Gasteiger partial charge is 0.321 e. The second-order valence-electron chi connectivity index (χ2n) is 7.64. The zero-order valence-corrected chi connectivity index (χ0v) is 17.7. The third-order valence-corrected chi connectivity index (χ3v) is 5.47. The highest BCUT2D eigenvalue weighted by molar-refractivity contribution is 6.11. The minimum Gasteiger partial charge on any atom is -0.378 e. The first kappa shape index (κ1) is 20.7. The molecule has 9 nitrogen and oxygen atoms in total. The molecule has 2 aromatic carbocycles. The number of benzene rings is 2. The van der Waals surface area contributed by atoms with Gasteiger partial charge in [0.2, 0.25) is 0 Å². The normalized spacial score (nSPS) is 13.6. The molecule has 3 amide bonds. The van der Waals surface area contributed by atoms with E-state index in [4.69, 9.17) is 4.74 Å². The van der Waals surface area contributed by atoms with Gasteiger partial charge in [0.1, 0.15) is 0 Å². The van der Waals surface area contributed by atoms with E-state index in [0.29, 0.717) is 43.4 Å². The summed E-state index contributed by atoms with van der Waals surface area (Å²) in [4.78, 5) is 31.1. The Morgan fingerprint density at radius 3 is 2.42 bits per heavy atom. The van der Waals surface area contributed by atoms with Crippen molar-refractivity contribution in [1.82, 2.24) is 20.1 Å². The number of aromatic amines is 1. The molecule has 1 saturated heterocycles. The second-order valence-corrected chi connectivity index (χ2v) is 7.64. The summed E-state index contributed by atoms with van der Waals surface area (Å²) in [6.07, 6.45) is 3.50. The molecule has 0 saturated carbocycles. The van der Waals surface area contributed by atoms with Gasteiger partial charge in [-0.2, -0.15) is 5.10 Å². The molecule has 0 radical (unpaired) electrons. The van der Waals surface area contributed by atoms with Crippen LogP contribution in [-0.2, 0) is 4.74 Å². The van der Waals surface area contributed by atoms with Crippen molar-refractivity contribution in [2.24, 2.45) is 0 Å². The highest BCUT2D eigenvalue weighted by Gasteiger charge is 2.18. The molecule has 1 aliphatic rings. The molecule has 1 aliphatic heterocycles. The van der Waals surface area contributed by atoms with Crippen LogP contribution in [0, 0.1) is 0 Å². The van der Waals surface area contributed by atoms with E-state index in [1.54, 1.807) is 41.6 Å². The summed E-state index contributed by atoms with van der Waals surface area (Å²) in [6.45, 7) is 2.23. The number of fused-ring (bicyclic) bond motifs is 1. The van der Waals surface area contributed by atoms with Crippen LogP contribution in [0.3, 0.4) is 0 Å². The molecule has 0 aliphatic carbocycles. The van der Waals surface area contributed by atoms with Crippen molar-refractivity contribution >= 4 is 34.2 Å². The van der Waals surface area contributed by atoms with E-state index in [1.165, 1.54) is 0 Å². The van der Waals surface area contributed by atoms with Gasteiger partial charge < -0.3 is 20.3 Å². The Morgan fingerprint density at radius 1 is 0.939 bits per heavy atom. The Balaban J connectivity index is 1.29. The van der Waals surface area contributed by atoms with Gasteiger partial charge in [0.25, 0.3) is 5.91 Å². The summed E-state index contributed by atoms with van der Waals surface area (Å²) in [5.74, 6) is -0.324. The van der Waals surface area contributed by atoms with Crippen LogP contribution in [0.4, 0.5) is 16.2 Å². The zero-order chi connectivity index (χ0) is 22.6. The van der Waals surface area contributed by atoms with Gasteiger partial charge in [-0.3, -0.25) is 14.9 Å². The zero-order valence-electron chi connectivity index (χ0n) is 17.7. The molecule has 5 rings (SSSR count). The highest BCUT2D eigenvalue weighted by atomic mass is 16.5. The molecule has 3 heterocycles. The van der Waals surface area contributed by atoms with E-state index in [2.05, 4.69) is 25.8 Å². The molecular formula is C24H22N6O3. The number of nitrogens with one attached hydrogen (secondary N) is 3. The number of carbonyl (C=O) groups is 2. The second kappa shape index (κ2) is 9.09. The van der Waals surface area contributed by atoms with Crippen molar-refractivity contribution in [3.8, 4) is 11.1 Å². The minimum absolute atomic E-state index is 0.164. The summed E-state index contributed by atoms with van der Waals surface area (Å²) >= 11 is 0. The Labute approximate surface area is 189 Å². The summed E-state index contributed by atoms with van der Waals surface area (Å²) in [5, 5.41) is 13.6. The number of morpholine rings is 1. The number of nitrogens with zero attached hydrogens (tertiary/aromatic N) is 3. The highest BCUT2D eigenvalue weighted by Crippen LogP contribution is 2.25. The maximum atomic E-state index is 12.9. The summed E-state index contributed by atoms with van der Waals surface area (Å²) in [6, 6.07) is 16.4. The van der Waals surface area contributed by atoms with Crippen LogP contribution in [0.25, 0.3) is 22.0 Å². The number of pyridine rings is 1. The number of H-pyrrole nitrogens is 1. The van der Waals surface area contributed by atoms with E-state index in [9.17, 15) is 9.59 Å². The standard InChI is InChI=1S/C24H22N6O3/c31-23(22-20-14-16(3-8-21(20)28-29-22)17-2-1-9-25-15-17)26-18-4-6-19(7-5-18)27-24(32)30-10-12-33-13-11-30/h1-9,14-15H,10-13H2,(H,26,31)(H,27,32)(H,28,29). The number of rotatable bonds is 4. The Morgan fingerprint density at radius 2 is 1.70 bits per heavy atom. The largest absolute Gasteiger partial charge is 0.378 e. The third-order valence-electron chi connectivity index (χ3n) is 5.47. The predicted octanol–water partition coefficient (Wildman–Crippen LogP) is 3.74. The van der Waals surface area contributed by atoms with Gasteiger partial charge in [-0.25, -0.2) is 4.79 Å². The van der Waals surface area contributed by atoms with E-state index in [-0.39, 0.29) is 11.9 Å². The fourth-order valence-electron chi connectivity index (χ4n) is 3.70. The summed E-state index contributed by atoms with van der Waals surface area (Å²) in [7, 11) is 0. The lowest BCUT2D eigenvalue weighted by molar-refractivity contribution is 0.0564. The minimum atomic E-state index is -0.324. The first-order valence-corrected chi connectivity index (χ1v) is 10.6. The third kappa shape index (κ3) is 4.53. The number of ether oxygens (including phenoxy) is 1. The molecule has 33 heavy (non-hydrogen) atoms. The van der Waals surface area contributed by atoms with Gasteiger partial charge in [-0.15, -0.1) is 0 Å². The number of anilines is 2. The molecule has 166 valence electrons. The summed E-state index contributed by atoms with van der Waals surface area (Å²) < 4.78 is 5.27. The molecular weight excluding hydrogens is 420 g/mol. The van der Waals surface area contributed by atoms with Crippen molar-refractivity contribution in [2.75, 3.05) is 36.9 Å². The van der Waals surface area contributed by atoms with Crippen molar-refractivity contribution in [3.63, 3.8) is 0 Å². The Kier molecular flexibility index (Phi) is 5.69. The SMILES string of the molecule is O=C(Nc1ccc(NC(=O)N2CCOCC2)cc1)c1n[nH]c2ccc(-c3cccnc3)cc12. The lowest BCUT2D eigenvalue weighted by Gasteiger charge is -2.26. The van der Waals surface area contributed by atoms with Gasteiger partial charge in [-0.1, -0.05) is 12.1 Å². The van der Waals surface area contributed by atoms with Gasteiger partial charge in [0.05, 0.1) is 18.7 Å². The first-order valence-electron chi connectivity index (χ1n) is 10.6. The van der Waals surface area contributed by atoms with E-state index in [1.807, 2.05) is 30.3 Å². The number of hydrogen-bond donors (Lipinski definition) is 3. The first-order chi connectivity index (χ1) is 16.2. The van der Waals surface area contributed by atoms with Gasteiger partial charge in [-0.05, 0) is 48.0 Å². The fraction of sp³-hybridized carbons (Fsp3) is 0.167. The van der Waals surface area contributed by atoms with Gasteiger partial charge in [0.15, 0.2) is 5.69 Å². The van der Waals surface area contributed by atoms with Gasteiger partial charge in [0, 0.05) is 47.8 Å². The molecule has 1 fully saturated rings. The van der Waals surface area contributed by atoms with E-state index >= 15 is 0 Å². The number of hydrogen-bond acceptors (Lipinski definition) is 5. The average molecular weight is 442 g/mol. The lowest BCUT2D eigenvalue weighted by Crippen LogP contribution is -2.43. The maximum absolute atomic E-state index is 12.9. The molecule has 2 aromatic heterocycles. The fourth-order valence-corrected chi connectivity index (χ4v) is 3.70. The molecule has 0 bridgehead atoms. The van der Waals surface area contributed by atoms with Crippen LogP contribution in [0.2, 0.25) is 0 Å². The Hall–Kier alpha value is -4.24. The van der Waals surface area contributed by atoms with Crippen molar-refractivity contribution in [3.05, 3.63) is 72.7 Å².